The minimum atomic E-state index is -4.62. The first-order chi connectivity index (χ1) is 21.1. The molecule has 10 nitrogen and oxygen atoms in total. The summed E-state index contributed by atoms with van der Waals surface area (Å²) < 4.78 is 56.2. The van der Waals surface area contributed by atoms with Gasteiger partial charge in [0.05, 0.1) is 18.7 Å². The molecule has 0 radical (unpaired) electrons. The highest BCUT2D eigenvalue weighted by Gasteiger charge is 2.36. The molecule has 5 aliphatic heterocycles. The Labute approximate surface area is 251 Å². The zero-order valence-corrected chi connectivity index (χ0v) is 23.9. The fourth-order valence-corrected chi connectivity index (χ4v) is 5.05. The van der Waals surface area contributed by atoms with Crippen molar-refractivity contribution in [2.24, 2.45) is 0 Å². The molecule has 13 heteroatoms. The van der Waals surface area contributed by atoms with Crippen LogP contribution in [0.1, 0.15) is 40.0 Å². The van der Waals surface area contributed by atoms with Crippen LogP contribution in [-0.4, -0.2) is 66.6 Å². The average molecular weight is 613 g/mol. The SMILES string of the molecule is COc1cc2ccc1OCC(=O)N[C@@H]1CN(C(=O)c3ccc(C(F)(F)F)nc3)CC[C@H]1Oc1ccc(cc1)CNC(=O)CC2. The number of hydrogen-bond acceptors (Lipinski definition) is 7. The summed E-state index contributed by atoms with van der Waals surface area (Å²) in [6.07, 6.45) is -3.15. The number of carbonyl (C=O) groups excluding carboxylic acids is 3. The van der Waals surface area contributed by atoms with Crippen LogP contribution >= 0.6 is 0 Å². The van der Waals surface area contributed by atoms with E-state index in [9.17, 15) is 27.6 Å². The number of rotatable bonds is 2. The van der Waals surface area contributed by atoms with Gasteiger partial charge in [-0.3, -0.25) is 19.4 Å². The number of alkyl halides is 3. The maximum absolute atomic E-state index is 13.2. The van der Waals surface area contributed by atoms with E-state index >= 15 is 0 Å². The number of nitrogens with zero attached hydrogens (tertiary/aromatic N) is 2. The molecular weight excluding hydrogens is 581 g/mol. The zero-order valence-electron chi connectivity index (χ0n) is 23.9. The second kappa shape index (κ2) is 13.2. The third kappa shape index (κ3) is 7.57. The fourth-order valence-electron chi connectivity index (χ4n) is 5.05. The molecule has 3 amide bonds. The Morgan fingerprint density at radius 2 is 1.80 bits per heavy atom. The summed E-state index contributed by atoms with van der Waals surface area (Å²) >= 11 is 0. The molecule has 2 aromatic carbocycles. The van der Waals surface area contributed by atoms with Gasteiger partial charge in [-0.1, -0.05) is 18.2 Å². The van der Waals surface area contributed by atoms with E-state index in [0.29, 0.717) is 36.6 Å². The molecule has 232 valence electrons. The maximum Gasteiger partial charge on any atom is 0.433 e. The number of aromatic nitrogens is 1. The second-order valence-electron chi connectivity index (χ2n) is 10.5. The van der Waals surface area contributed by atoms with Crippen molar-refractivity contribution in [3.8, 4) is 17.2 Å². The minimum Gasteiger partial charge on any atom is -0.493 e. The number of halogens is 3. The molecule has 5 aliphatic rings. The van der Waals surface area contributed by atoms with Gasteiger partial charge in [0.15, 0.2) is 18.1 Å². The number of hydrogen-bond donors (Lipinski definition) is 2. The number of methoxy groups -OCH3 is 1. The molecule has 6 heterocycles. The van der Waals surface area contributed by atoms with Crippen LogP contribution in [-0.2, 0) is 28.7 Å². The number of pyridine rings is 1. The minimum absolute atomic E-state index is 0.00263. The molecule has 1 fully saturated rings. The number of benzene rings is 2. The zero-order chi connectivity index (χ0) is 31.3. The van der Waals surface area contributed by atoms with Crippen molar-refractivity contribution in [1.29, 1.82) is 0 Å². The number of aryl methyl sites for hydroxylation is 1. The van der Waals surface area contributed by atoms with Crippen molar-refractivity contribution in [3.63, 3.8) is 0 Å². The van der Waals surface area contributed by atoms with Crippen LogP contribution in [0.2, 0.25) is 0 Å². The number of likely N-dealkylation sites (tertiary alicyclic amines) is 1. The van der Waals surface area contributed by atoms with E-state index in [-0.39, 0.29) is 37.6 Å². The van der Waals surface area contributed by atoms with Gasteiger partial charge in [0, 0.05) is 38.7 Å². The van der Waals surface area contributed by atoms with Crippen LogP contribution in [0.3, 0.4) is 0 Å². The van der Waals surface area contributed by atoms with Gasteiger partial charge in [0.2, 0.25) is 5.91 Å². The second-order valence-corrected chi connectivity index (χ2v) is 10.5. The molecule has 44 heavy (non-hydrogen) atoms. The van der Waals surface area contributed by atoms with Crippen LogP contribution in [0.25, 0.3) is 0 Å². The average Bonchev–Trinajstić information content (AvgIpc) is 3.02. The van der Waals surface area contributed by atoms with Crippen molar-refractivity contribution in [1.82, 2.24) is 20.5 Å². The Morgan fingerprint density at radius 1 is 1.02 bits per heavy atom. The number of amides is 3. The van der Waals surface area contributed by atoms with Crippen LogP contribution in [0.5, 0.6) is 17.2 Å². The van der Waals surface area contributed by atoms with Gasteiger partial charge in [0.1, 0.15) is 17.5 Å². The lowest BCUT2D eigenvalue weighted by molar-refractivity contribution is -0.141. The quantitative estimate of drug-likeness (QED) is 0.455. The predicted molar refractivity (Wildman–Crippen MR) is 151 cm³/mol. The third-order valence-electron chi connectivity index (χ3n) is 7.41. The molecule has 2 N–H and O–H groups in total. The molecule has 4 bridgehead atoms. The Bertz CT molecular complexity index is 1500. The lowest BCUT2D eigenvalue weighted by Crippen LogP contribution is -2.58. The topological polar surface area (TPSA) is 119 Å². The van der Waals surface area contributed by atoms with E-state index in [1.54, 1.807) is 30.3 Å². The van der Waals surface area contributed by atoms with E-state index in [0.717, 1.165) is 29.5 Å². The summed E-state index contributed by atoms with van der Waals surface area (Å²) in [6.45, 7) is 0.263. The normalized spacial score (nSPS) is 19.6. The lowest BCUT2D eigenvalue weighted by atomic mass is 10.0. The van der Waals surface area contributed by atoms with E-state index < -0.39 is 35.8 Å². The largest absolute Gasteiger partial charge is 0.493 e. The maximum atomic E-state index is 13.2. The smallest absolute Gasteiger partial charge is 0.433 e. The van der Waals surface area contributed by atoms with Gasteiger partial charge >= 0.3 is 6.18 Å². The molecular formula is C31H31F3N4O6. The van der Waals surface area contributed by atoms with Crippen LogP contribution in [0.15, 0.2) is 60.8 Å². The summed E-state index contributed by atoms with van der Waals surface area (Å²) in [6, 6.07) is 13.6. The highest BCUT2D eigenvalue weighted by molar-refractivity contribution is 5.94. The van der Waals surface area contributed by atoms with Gasteiger partial charge in [-0.25, -0.2) is 0 Å². The molecule has 1 saturated heterocycles. The van der Waals surface area contributed by atoms with Crippen molar-refractivity contribution < 1.29 is 41.8 Å². The number of carbonyl (C=O) groups is 3. The molecule has 0 saturated carbocycles. The first kappa shape index (κ1) is 30.6. The Hall–Kier alpha value is -4.81. The Balaban J connectivity index is 1.36. The standard InChI is InChI=1S/C31H31F3N4O6/c1-42-26-14-19-4-9-25(26)43-18-29(40)37-23-17-38(30(41)21-6-10-27(35-16-21)31(32,33)34)13-12-24(23)44-22-7-2-20(3-8-22)15-36-28(39)11-5-19/h2-4,6-10,14,16,23-24H,5,11-13,15,17-18H2,1H3,(H,36,39)(H,37,40)/t23-,24-/m1/s1. The fraction of sp³-hybridized carbons (Fsp3) is 0.355. The summed E-state index contributed by atoms with van der Waals surface area (Å²) in [5, 5.41) is 5.80. The summed E-state index contributed by atoms with van der Waals surface area (Å²) in [4.78, 5) is 43.5. The molecule has 1 aromatic heterocycles. The van der Waals surface area contributed by atoms with Crippen molar-refractivity contribution >= 4 is 17.7 Å². The van der Waals surface area contributed by atoms with Crippen molar-refractivity contribution in [2.45, 2.75) is 44.1 Å². The molecule has 3 aromatic rings. The first-order valence-electron chi connectivity index (χ1n) is 14.0. The van der Waals surface area contributed by atoms with Gasteiger partial charge in [0.25, 0.3) is 11.8 Å². The van der Waals surface area contributed by atoms with Crippen molar-refractivity contribution in [2.75, 3.05) is 26.8 Å². The van der Waals surface area contributed by atoms with Gasteiger partial charge in [-0.05, 0) is 53.9 Å². The third-order valence-corrected chi connectivity index (χ3v) is 7.41. The Morgan fingerprint density at radius 3 is 2.50 bits per heavy atom. The van der Waals surface area contributed by atoms with Crippen LogP contribution < -0.4 is 24.8 Å². The van der Waals surface area contributed by atoms with E-state index in [4.69, 9.17) is 14.2 Å². The van der Waals surface area contributed by atoms with Crippen LogP contribution in [0.4, 0.5) is 13.2 Å². The molecule has 2 atom stereocenters. The summed E-state index contributed by atoms with van der Waals surface area (Å²) in [5.74, 6) is 0.190. The lowest BCUT2D eigenvalue weighted by Gasteiger charge is -2.38. The highest BCUT2D eigenvalue weighted by atomic mass is 19.4. The predicted octanol–water partition coefficient (Wildman–Crippen LogP) is 3.53. The van der Waals surface area contributed by atoms with Crippen molar-refractivity contribution in [3.05, 3.63) is 83.2 Å². The van der Waals surface area contributed by atoms with Crippen LogP contribution in [0, 0.1) is 0 Å². The summed E-state index contributed by atoms with van der Waals surface area (Å²) in [7, 11) is 1.48. The molecule has 8 rings (SSSR count). The van der Waals surface area contributed by atoms with E-state index in [1.165, 1.54) is 12.0 Å². The molecule has 0 spiro atoms. The van der Waals surface area contributed by atoms with Gasteiger partial charge < -0.3 is 29.7 Å². The number of piperidine rings is 1. The molecule has 0 aliphatic carbocycles. The first-order valence-corrected chi connectivity index (χ1v) is 14.0. The number of ether oxygens (including phenoxy) is 3. The Kier molecular flexibility index (Phi) is 9.21. The van der Waals surface area contributed by atoms with E-state index in [1.807, 2.05) is 12.1 Å². The molecule has 0 unspecified atom stereocenters. The summed E-state index contributed by atoms with van der Waals surface area (Å²) in [5.41, 5.74) is 0.641. The monoisotopic (exact) mass is 612 g/mol. The van der Waals surface area contributed by atoms with Gasteiger partial charge in [-0.15, -0.1) is 0 Å². The van der Waals surface area contributed by atoms with E-state index in [2.05, 4.69) is 15.6 Å². The highest BCUT2D eigenvalue weighted by Crippen LogP contribution is 2.29. The number of nitrogens with one attached hydrogen (secondary N) is 2. The van der Waals surface area contributed by atoms with Gasteiger partial charge in [-0.2, -0.15) is 13.2 Å².